The number of fused-ring (bicyclic) bond motifs is 2. The monoisotopic (exact) mass is 338 g/mol. The Hall–Kier alpha value is -2.53. The Morgan fingerprint density at radius 3 is 2.56 bits per heavy atom. The molecule has 130 valence electrons. The molecule has 2 aliphatic carbocycles. The highest BCUT2D eigenvalue weighted by Gasteiger charge is 2.35. The number of aliphatic hydroxyl groups is 1. The topological polar surface area (TPSA) is 81.6 Å². The van der Waals surface area contributed by atoms with E-state index in [0.29, 0.717) is 18.6 Å². The molecule has 0 heterocycles. The van der Waals surface area contributed by atoms with Gasteiger partial charge in [-0.3, -0.25) is 0 Å². The van der Waals surface area contributed by atoms with E-state index < -0.39 is 5.60 Å². The average Bonchev–Trinajstić information content (AvgIpc) is 3.15. The van der Waals surface area contributed by atoms with Crippen molar-refractivity contribution in [2.75, 3.05) is 6.54 Å². The fourth-order valence-electron chi connectivity index (χ4n) is 4.04. The van der Waals surface area contributed by atoms with Crippen molar-refractivity contribution in [3.05, 3.63) is 64.7 Å². The molecule has 4 N–H and O–H groups in total. The summed E-state index contributed by atoms with van der Waals surface area (Å²) in [5.74, 6) is 0.292. The quantitative estimate of drug-likeness (QED) is 0.693. The number of carbonyl (C=O) groups is 1. The minimum absolute atomic E-state index is 0.0995. The second kappa shape index (κ2) is 6.08. The minimum atomic E-state index is -0.924. The number of urea groups is 1. The van der Waals surface area contributed by atoms with Gasteiger partial charge in [0.15, 0.2) is 0 Å². The molecule has 2 aromatic rings. The van der Waals surface area contributed by atoms with Crippen molar-refractivity contribution in [1.29, 1.82) is 0 Å². The summed E-state index contributed by atoms with van der Waals surface area (Å²) < 4.78 is 0. The van der Waals surface area contributed by atoms with Gasteiger partial charge in [-0.25, -0.2) is 4.79 Å². The lowest BCUT2D eigenvalue weighted by Gasteiger charge is -2.23. The summed E-state index contributed by atoms with van der Waals surface area (Å²) in [6, 6.07) is 13.0. The Balaban J connectivity index is 1.35. The van der Waals surface area contributed by atoms with Gasteiger partial charge in [-0.15, -0.1) is 0 Å². The Labute approximate surface area is 146 Å². The van der Waals surface area contributed by atoms with Crippen molar-refractivity contribution < 1.29 is 15.0 Å². The number of nitrogens with one attached hydrogen (secondary N) is 2. The van der Waals surface area contributed by atoms with E-state index in [0.717, 1.165) is 35.1 Å². The lowest BCUT2D eigenvalue weighted by molar-refractivity contribution is 0.0535. The molecule has 4 rings (SSSR count). The predicted molar refractivity (Wildman–Crippen MR) is 94.5 cm³/mol. The van der Waals surface area contributed by atoms with Gasteiger partial charge in [-0.1, -0.05) is 36.4 Å². The molecule has 2 aromatic carbocycles. The lowest BCUT2D eigenvalue weighted by atomic mass is 10.0. The smallest absolute Gasteiger partial charge is 0.315 e. The molecule has 0 fully saturated rings. The first-order chi connectivity index (χ1) is 12.0. The molecule has 1 unspecified atom stereocenters. The maximum absolute atomic E-state index is 12.3. The molecule has 0 saturated heterocycles. The molecule has 5 nitrogen and oxygen atoms in total. The Bertz CT molecular complexity index is 793. The second-order valence-corrected chi connectivity index (χ2v) is 7.11. The van der Waals surface area contributed by atoms with Gasteiger partial charge in [0.05, 0.1) is 11.6 Å². The van der Waals surface area contributed by atoms with Crippen LogP contribution in [0.25, 0.3) is 0 Å². The largest absolute Gasteiger partial charge is 0.508 e. The van der Waals surface area contributed by atoms with Gasteiger partial charge in [0.2, 0.25) is 0 Å². The van der Waals surface area contributed by atoms with Crippen LogP contribution in [0, 0.1) is 0 Å². The number of phenolic OH excluding ortho intramolecular Hbond substituents is 1. The molecule has 5 heteroatoms. The van der Waals surface area contributed by atoms with Crippen LogP contribution in [0.3, 0.4) is 0 Å². The molecule has 2 aliphatic rings. The van der Waals surface area contributed by atoms with Gasteiger partial charge in [-0.05, 0) is 41.2 Å². The molecule has 1 atom stereocenters. The third-order valence-corrected chi connectivity index (χ3v) is 5.29. The number of rotatable bonds is 3. The first-order valence-electron chi connectivity index (χ1n) is 8.68. The number of carbonyl (C=O) groups excluding carboxylic acids is 1. The van der Waals surface area contributed by atoms with Crippen LogP contribution in [-0.2, 0) is 19.3 Å². The highest BCUT2D eigenvalue weighted by Crippen LogP contribution is 2.36. The van der Waals surface area contributed by atoms with Crippen LogP contribution in [0.5, 0.6) is 5.75 Å². The Kier molecular flexibility index (Phi) is 3.88. The molecule has 0 bridgehead atoms. The number of hydrogen-bond acceptors (Lipinski definition) is 3. The summed E-state index contributed by atoms with van der Waals surface area (Å²) >= 11 is 0. The van der Waals surface area contributed by atoms with Crippen LogP contribution in [0.4, 0.5) is 4.79 Å². The van der Waals surface area contributed by atoms with Crippen molar-refractivity contribution >= 4 is 6.03 Å². The first kappa shape index (κ1) is 16.0. The summed E-state index contributed by atoms with van der Waals surface area (Å²) in [6.07, 6.45) is 2.65. The van der Waals surface area contributed by atoms with Gasteiger partial charge >= 0.3 is 6.03 Å². The van der Waals surface area contributed by atoms with E-state index in [9.17, 15) is 15.0 Å². The molecule has 2 amide bonds. The van der Waals surface area contributed by atoms with E-state index in [1.807, 2.05) is 30.3 Å². The maximum atomic E-state index is 12.3. The van der Waals surface area contributed by atoms with Crippen molar-refractivity contribution in [3.8, 4) is 5.75 Å². The summed E-state index contributed by atoms with van der Waals surface area (Å²) in [5, 5.41) is 26.4. The van der Waals surface area contributed by atoms with Gasteiger partial charge in [0.25, 0.3) is 0 Å². The van der Waals surface area contributed by atoms with E-state index >= 15 is 0 Å². The first-order valence-corrected chi connectivity index (χ1v) is 8.68. The fraction of sp³-hybridized carbons (Fsp3) is 0.350. The summed E-state index contributed by atoms with van der Waals surface area (Å²) in [5.41, 5.74) is 3.26. The zero-order chi connectivity index (χ0) is 17.4. The second-order valence-electron chi connectivity index (χ2n) is 7.11. The highest BCUT2D eigenvalue weighted by atomic mass is 16.3. The zero-order valence-electron chi connectivity index (χ0n) is 14.0. The van der Waals surface area contributed by atoms with Crippen LogP contribution in [0.2, 0.25) is 0 Å². The maximum Gasteiger partial charge on any atom is 0.315 e. The predicted octanol–water partition coefficient (Wildman–Crippen LogP) is 2.21. The lowest BCUT2D eigenvalue weighted by Crippen LogP contribution is -2.47. The number of aromatic hydroxyl groups is 1. The number of hydrogen-bond donors (Lipinski definition) is 4. The summed E-state index contributed by atoms with van der Waals surface area (Å²) in [6.45, 7) is 0.215. The summed E-state index contributed by atoms with van der Waals surface area (Å²) in [7, 11) is 0. The summed E-state index contributed by atoms with van der Waals surface area (Å²) in [4.78, 5) is 12.3. The molecule has 0 radical (unpaired) electrons. The van der Waals surface area contributed by atoms with E-state index in [4.69, 9.17) is 0 Å². The van der Waals surface area contributed by atoms with Gasteiger partial charge in [0.1, 0.15) is 5.75 Å². The van der Waals surface area contributed by atoms with Crippen LogP contribution in [0.1, 0.15) is 34.7 Å². The van der Waals surface area contributed by atoms with E-state index in [1.54, 1.807) is 12.1 Å². The molecular formula is C20H22N2O3. The van der Waals surface area contributed by atoms with Crippen molar-refractivity contribution in [2.24, 2.45) is 0 Å². The standard InChI is InChI=1S/C20H22N2O3/c23-18-7-3-6-15-16(18)8-9-17(15)22-19(24)21-12-20(25)10-13-4-1-2-5-14(13)11-20/h1-7,17,23,25H,8-12H2,(H2,21,22,24). The fourth-order valence-corrected chi connectivity index (χ4v) is 4.04. The molecule has 0 saturated carbocycles. The Morgan fingerprint density at radius 2 is 1.84 bits per heavy atom. The third kappa shape index (κ3) is 3.07. The number of amides is 2. The van der Waals surface area contributed by atoms with Crippen LogP contribution in [0.15, 0.2) is 42.5 Å². The highest BCUT2D eigenvalue weighted by molar-refractivity contribution is 5.75. The van der Waals surface area contributed by atoms with Crippen molar-refractivity contribution in [2.45, 2.75) is 37.3 Å². The zero-order valence-corrected chi connectivity index (χ0v) is 14.0. The minimum Gasteiger partial charge on any atom is -0.508 e. The van der Waals surface area contributed by atoms with E-state index in [2.05, 4.69) is 10.6 Å². The SMILES string of the molecule is O=C(NCC1(O)Cc2ccccc2C1)NC1CCc2c(O)cccc21. The number of phenols is 1. The molecule has 0 aliphatic heterocycles. The van der Waals surface area contributed by atoms with E-state index in [-0.39, 0.29) is 18.6 Å². The molecule has 0 aromatic heterocycles. The van der Waals surface area contributed by atoms with Crippen molar-refractivity contribution in [3.63, 3.8) is 0 Å². The van der Waals surface area contributed by atoms with Crippen LogP contribution in [-0.4, -0.2) is 28.4 Å². The molecule has 0 spiro atoms. The van der Waals surface area contributed by atoms with Gasteiger partial charge in [-0.2, -0.15) is 0 Å². The van der Waals surface area contributed by atoms with Crippen LogP contribution < -0.4 is 10.6 Å². The third-order valence-electron chi connectivity index (χ3n) is 5.29. The van der Waals surface area contributed by atoms with Crippen molar-refractivity contribution in [1.82, 2.24) is 10.6 Å². The average molecular weight is 338 g/mol. The number of benzene rings is 2. The molecular weight excluding hydrogens is 316 g/mol. The Morgan fingerprint density at radius 1 is 1.12 bits per heavy atom. The normalized spacial score (nSPS) is 20.0. The van der Waals surface area contributed by atoms with E-state index in [1.165, 1.54) is 0 Å². The van der Waals surface area contributed by atoms with Gasteiger partial charge in [0, 0.05) is 19.4 Å². The van der Waals surface area contributed by atoms with Crippen LogP contribution >= 0.6 is 0 Å². The molecule has 25 heavy (non-hydrogen) atoms. The van der Waals surface area contributed by atoms with Gasteiger partial charge < -0.3 is 20.8 Å².